The number of rotatable bonds is 7. The zero-order chi connectivity index (χ0) is 18.5. The van der Waals surface area contributed by atoms with Crippen LogP contribution in [0.3, 0.4) is 0 Å². The maximum absolute atomic E-state index is 12.3. The van der Waals surface area contributed by atoms with Crippen LogP contribution in [0.2, 0.25) is 0 Å². The van der Waals surface area contributed by atoms with E-state index in [0.29, 0.717) is 24.5 Å². The summed E-state index contributed by atoms with van der Waals surface area (Å²) in [5, 5.41) is 9.61. The number of hydrogen-bond donors (Lipinski definition) is 1. The minimum Gasteiger partial charge on any atom is -0.493 e. The van der Waals surface area contributed by atoms with Gasteiger partial charge in [-0.2, -0.15) is 0 Å². The molecule has 0 aromatic heterocycles. The third kappa shape index (κ3) is 3.60. The summed E-state index contributed by atoms with van der Waals surface area (Å²) in [5.74, 6) is 1.32. The van der Waals surface area contributed by atoms with Crippen LogP contribution in [0.1, 0.15) is 17.2 Å². The van der Waals surface area contributed by atoms with Crippen molar-refractivity contribution in [3.8, 4) is 11.5 Å². The molecule has 0 radical (unpaired) electrons. The molecule has 26 heavy (non-hydrogen) atoms. The summed E-state index contributed by atoms with van der Waals surface area (Å²) in [5.41, 5.74) is 1.97. The van der Waals surface area contributed by atoms with Crippen LogP contribution in [0.4, 0.5) is 4.79 Å². The number of amides is 1. The lowest BCUT2D eigenvalue weighted by molar-refractivity contribution is 0.0827. The second kappa shape index (κ2) is 8.10. The SMILES string of the molecule is COc1ccc(CCN2C(=O)O[C@@H](CO)[C@H]2c2ccccc2)cc1OC. The van der Waals surface area contributed by atoms with E-state index in [2.05, 4.69) is 0 Å². The summed E-state index contributed by atoms with van der Waals surface area (Å²) in [7, 11) is 3.19. The lowest BCUT2D eigenvalue weighted by Gasteiger charge is -2.24. The molecule has 0 saturated carbocycles. The molecule has 1 aliphatic rings. The van der Waals surface area contributed by atoms with Gasteiger partial charge in [0.15, 0.2) is 17.6 Å². The Hall–Kier alpha value is -2.73. The average Bonchev–Trinajstić information content (AvgIpc) is 3.02. The maximum atomic E-state index is 12.3. The van der Waals surface area contributed by atoms with E-state index in [1.54, 1.807) is 19.1 Å². The summed E-state index contributed by atoms with van der Waals surface area (Å²) >= 11 is 0. The molecule has 0 spiro atoms. The van der Waals surface area contributed by atoms with Crippen molar-refractivity contribution in [1.29, 1.82) is 0 Å². The van der Waals surface area contributed by atoms with E-state index in [-0.39, 0.29) is 12.6 Å². The van der Waals surface area contributed by atoms with Crippen molar-refractivity contribution < 1.29 is 24.1 Å². The number of aliphatic hydroxyl groups is 1. The number of ether oxygens (including phenoxy) is 3. The second-order valence-electron chi connectivity index (χ2n) is 6.09. The molecule has 138 valence electrons. The van der Waals surface area contributed by atoms with E-state index in [0.717, 1.165) is 11.1 Å². The number of carbonyl (C=O) groups is 1. The van der Waals surface area contributed by atoms with Crippen LogP contribution in [0, 0.1) is 0 Å². The van der Waals surface area contributed by atoms with Gasteiger partial charge in [0.2, 0.25) is 0 Å². The molecule has 0 bridgehead atoms. The van der Waals surface area contributed by atoms with Crippen LogP contribution in [-0.2, 0) is 11.2 Å². The smallest absolute Gasteiger partial charge is 0.410 e. The minimum absolute atomic E-state index is 0.210. The van der Waals surface area contributed by atoms with E-state index < -0.39 is 12.2 Å². The molecule has 3 rings (SSSR count). The van der Waals surface area contributed by atoms with E-state index in [4.69, 9.17) is 14.2 Å². The Morgan fingerprint density at radius 2 is 1.81 bits per heavy atom. The number of methoxy groups -OCH3 is 2. The van der Waals surface area contributed by atoms with Gasteiger partial charge in [-0.3, -0.25) is 4.90 Å². The van der Waals surface area contributed by atoms with E-state index in [1.807, 2.05) is 48.5 Å². The molecule has 2 aromatic rings. The third-order valence-electron chi connectivity index (χ3n) is 4.59. The van der Waals surface area contributed by atoms with Crippen molar-refractivity contribution in [1.82, 2.24) is 4.90 Å². The molecule has 1 N–H and O–H groups in total. The molecule has 0 aliphatic carbocycles. The Bertz CT molecular complexity index is 749. The first-order chi connectivity index (χ1) is 12.7. The van der Waals surface area contributed by atoms with Crippen LogP contribution in [0.25, 0.3) is 0 Å². The summed E-state index contributed by atoms with van der Waals surface area (Å²) in [6.07, 6.45) is -0.328. The Balaban J connectivity index is 1.78. The lowest BCUT2D eigenvalue weighted by atomic mass is 10.0. The third-order valence-corrected chi connectivity index (χ3v) is 4.59. The average molecular weight is 357 g/mol. The highest BCUT2D eigenvalue weighted by molar-refractivity contribution is 5.71. The monoisotopic (exact) mass is 357 g/mol. The van der Waals surface area contributed by atoms with Crippen molar-refractivity contribution >= 4 is 6.09 Å². The summed E-state index contributed by atoms with van der Waals surface area (Å²) < 4.78 is 15.9. The van der Waals surface area contributed by atoms with Crippen LogP contribution in [0.15, 0.2) is 48.5 Å². The molecule has 2 atom stereocenters. The highest BCUT2D eigenvalue weighted by atomic mass is 16.6. The number of hydrogen-bond acceptors (Lipinski definition) is 5. The zero-order valence-electron chi connectivity index (χ0n) is 14.9. The predicted octanol–water partition coefficient (Wildman–Crippen LogP) is 2.80. The molecule has 6 heteroatoms. The zero-order valence-corrected chi connectivity index (χ0v) is 14.9. The van der Waals surface area contributed by atoms with Crippen molar-refractivity contribution in [2.24, 2.45) is 0 Å². The topological polar surface area (TPSA) is 68.2 Å². The first-order valence-electron chi connectivity index (χ1n) is 8.52. The first kappa shape index (κ1) is 18.1. The molecular formula is C20H23NO5. The summed E-state index contributed by atoms with van der Waals surface area (Å²) in [4.78, 5) is 14.0. The van der Waals surface area contributed by atoms with E-state index in [1.165, 1.54) is 0 Å². The molecule has 2 aromatic carbocycles. The van der Waals surface area contributed by atoms with Gasteiger partial charge in [0, 0.05) is 6.54 Å². The first-order valence-corrected chi connectivity index (χ1v) is 8.52. The van der Waals surface area contributed by atoms with Crippen molar-refractivity contribution in [2.75, 3.05) is 27.4 Å². The van der Waals surface area contributed by atoms with E-state index >= 15 is 0 Å². The fraction of sp³-hybridized carbons (Fsp3) is 0.350. The van der Waals surface area contributed by atoms with Gasteiger partial charge in [-0.15, -0.1) is 0 Å². The molecule has 1 saturated heterocycles. The number of carbonyl (C=O) groups excluding carboxylic acids is 1. The van der Waals surface area contributed by atoms with Gasteiger partial charge < -0.3 is 19.3 Å². The van der Waals surface area contributed by atoms with Gasteiger partial charge in [0.05, 0.1) is 26.9 Å². The molecule has 0 unspecified atom stereocenters. The standard InChI is InChI=1S/C20H23NO5/c1-24-16-9-8-14(12-17(16)25-2)10-11-21-19(15-6-4-3-5-7-15)18(13-22)26-20(21)23/h3-9,12,18-19,22H,10-11,13H2,1-2H3/t18-,19+/m0/s1. The number of cyclic esters (lactones) is 1. The number of aliphatic hydroxyl groups excluding tert-OH is 1. The van der Waals surface area contributed by atoms with Gasteiger partial charge >= 0.3 is 6.09 Å². The Morgan fingerprint density at radius 1 is 1.08 bits per heavy atom. The second-order valence-corrected chi connectivity index (χ2v) is 6.09. The molecule has 1 heterocycles. The molecule has 1 fully saturated rings. The maximum Gasteiger partial charge on any atom is 0.410 e. The lowest BCUT2D eigenvalue weighted by Crippen LogP contribution is -2.32. The molecule has 1 amide bonds. The fourth-order valence-corrected chi connectivity index (χ4v) is 3.27. The Labute approximate surface area is 152 Å². The molecule has 1 aliphatic heterocycles. The summed E-state index contributed by atoms with van der Waals surface area (Å²) in [6, 6.07) is 15.0. The van der Waals surface area contributed by atoms with Gasteiger partial charge in [-0.05, 0) is 29.7 Å². The quantitative estimate of drug-likeness (QED) is 0.825. The van der Waals surface area contributed by atoms with Gasteiger partial charge in [-0.1, -0.05) is 36.4 Å². The van der Waals surface area contributed by atoms with Crippen LogP contribution >= 0.6 is 0 Å². The molecule has 6 nitrogen and oxygen atoms in total. The Kier molecular flexibility index (Phi) is 5.63. The van der Waals surface area contributed by atoms with E-state index in [9.17, 15) is 9.90 Å². The van der Waals surface area contributed by atoms with Crippen LogP contribution < -0.4 is 9.47 Å². The van der Waals surface area contributed by atoms with Crippen molar-refractivity contribution in [3.63, 3.8) is 0 Å². The Morgan fingerprint density at radius 3 is 2.46 bits per heavy atom. The van der Waals surface area contributed by atoms with Gasteiger partial charge in [-0.25, -0.2) is 4.79 Å². The highest BCUT2D eigenvalue weighted by Crippen LogP contribution is 2.34. The largest absolute Gasteiger partial charge is 0.493 e. The number of nitrogens with zero attached hydrogens (tertiary/aromatic N) is 1. The molecular weight excluding hydrogens is 334 g/mol. The normalized spacial score (nSPS) is 19.3. The highest BCUT2D eigenvalue weighted by Gasteiger charge is 2.41. The fourth-order valence-electron chi connectivity index (χ4n) is 3.27. The van der Waals surface area contributed by atoms with Crippen LogP contribution in [-0.4, -0.2) is 49.6 Å². The minimum atomic E-state index is -0.560. The van der Waals surface area contributed by atoms with Gasteiger partial charge in [0.25, 0.3) is 0 Å². The van der Waals surface area contributed by atoms with Crippen molar-refractivity contribution in [3.05, 3.63) is 59.7 Å². The van der Waals surface area contributed by atoms with Crippen LogP contribution in [0.5, 0.6) is 11.5 Å². The summed E-state index contributed by atoms with van der Waals surface area (Å²) in [6.45, 7) is 0.266. The van der Waals surface area contributed by atoms with Crippen molar-refractivity contribution in [2.45, 2.75) is 18.6 Å². The predicted molar refractivity (Wildman–Crippen MR) is 96.5 cm³/mol. The number of benzene rings is 2. The van der Waals surface area contributed by atoms with Gasteiger partial charge in [0.1, 0.15) is 0 Å².